The Morgan fingerprint density at radius 2 is 2.21 bits per heavy atom. The molecule has 0 amide bonds. The second kappa shape index (κ2) is 3.02. The molecule has 0 radical (unpaired) electrons. The van der Waals surface area contributed by atoms with Crippen LogP contribution in [0.5, 0.6) is 0 Å². The van der Waals surface area contributed by atoms with E-state index in [0.29, 0.717) is 17.3 Å². The van der Waals surface area contributed by atoms with Crippen LogP contribution in [-0.2, 0) is 0 Å². The molecule has 14 heavy (non-hydrogen) atoms. The molecule has 2 rings (SSSR count). The molecule has 0 aromatic carbocycles. The quantitative estimate of drug-likeness (QED) is 0.770. The lowest BCUT2D eigenvalue weighted by Gasteiger charge is -2.04. The van der Waals surface area contributed by atoms with Gasteiger partial charge in [-0.05, 0) is 36.3 Å². The Balaban J connectivity index is 2.31. The van der Waals surface area contributed by atoms with Gasteiger partial charge < -0.3 is 5.73 Å². The minimum Gasteiger partial charge on any atom is -0.330 e. The van der Waals surface area contributed by atoms with Crippen LogP contribution in [0.3, 0.4) is 0 Å². The summed E-state index contributed by atoms with van der Waals surface area (Å²) in [5.41, 5.74) is 8.43. The molecule has 2 N–H and O–H groups in total. The Morgan fingerprint density at radius 1 is 1.50 bits per heavy atom. The summed E-state index contributed by atoms with van der Waals surface area (Å²) in [6.07, 6.45) is 3.54. The Hall–Kier alpha value is -0.960. The molecule has 1 aliphatic carbocycles. The van der Waals surface area contributed by atoms with E-state index in [2.05, 4.69) is 23.8 Å². The molecule has 76 valence electrons. The topological polar surface area (TPSA) is 51.8 Å². The van der Waals surface area contributed by atoms with Crippen molar-refractivity contribution in [1.29, 1.82) is 0 Å². The summed E-state index contributed by atoms with van der Waals surface area (Å²) in [4.78, 5) is 8.31. The molecule has 0 saturated heterocycles. The zero-order valence-electron chi connectivity index (χ0n) is 8.99. The maximum atomic E-state index is 5.75. The van der Waals surface area contributed by atoms with Crippen LogP contribution in [0.1, 0.15) is 31.0 Å². The average molecular weight is 191 g/mol. The van der Waals surface area contributed by atoms with Gasteiger partial charge in [0.2, 0.25) is 0 Å². The smallest absolute Gasteiger partial charge is 0.115 e. The number of hydrogen-bond donors (Lipinski definition) is 1. The Kier molecular flexibility index (Phi) is 2.07. The zero-order valence-corrected chi connectivity index (χ0v) is 8.99. The van der Waals surface area contributed by atoms with Crippen molar-refractivity contribution in [3.8, 4) is 0 Å². The van der Waals surface area contributed by atoms with Crippen LogP contribution in [-0.4, -0.2) is 16.5 Å². The van der Waals surface area contributed by atoms with Gasteiger partial charge in [-0.1, -0.05) is 13.8 Å². The molecule has 3 nitrogen and oxygen atoms in total. The summed E-state index contributed by atoms with van der Waals surface area (Å²) in [5, 5.41) is 0. The molecule has 0 bridgehead atoms. The predicted octanol–water partition coefficient (Wildman–Crippen LogP) is 1.48. The van der Waals surface area contributed by atoms with Crippen LogP contribution in [0.2, 0.25) is 0 Å². The molecule has 3 heteroatoms. The van der Waals surface area contributed by atoms with E-state index in [1.807, 2.05) is 13.1 Å². The summed E-state index contributed by atoms with van der Waals surface area (Å²) in [5.74, 6) is 1.14. The van der Waals surface area contributed by atoms with E-state index < -0.39 is 0 Å². The van der Waals surface area contributed by atoms with Gasteiger partial charge in [-0.2, -0.15) is 0 Å². The van der Waals surface area contributed by atoms with E-state index in [1.54, 1.807) is 6.33 Å². The van der Waals surface area contributed by atoms with Crippen LogP contribution in [0, 0.1) is 18.3 Å². The predicted molar refractivity (Wildman–Crippen MR) is 55.8 cm³/mol. The van der Waals surface area contributed by atoms with Crippen molar-refractivity contribution in [2.24, 2.45) is 17.1 Å². The van der Waals surface area contributed by atoms with E-state index in [1.165, 1.54) is 5.56 Å². The van der Waals surface area contributed by atoms with Crippen LogP contribution < -0.4 is 5.73 Å². The second-order valence-corrected chi connectivity index (χ2v) is 4.70. The fourth-order valence-corrected chi connectivity index (χ4v) is 2.51. The number of nitrogens with zero attached hydrogens (tertiary/aromatic N) is 2. The minimum absolute atomic E-state index is 0.324. The van der Waals surface area contributed by atoms with Gasteiger partial charge in [0, 0.05) is 11.9 Å². The van der Waals surface area contributed by atoms with Gasteiger partial charge in [-0.15, -0.1) is 0 Å². The van der Waals surface area contributed by atoms with Crippen molar-refractivity contribution in [1.82, 2.24) is 9.97 Å². The van der Waals surface area contributed by atoms with Gasteiger partial charge in [0.1, 0.15) is 6.33 Å². The lowest BCUT2D eigenvalue weighted by molar-refractivity contribution is 0.558. The summed E-state index contributed by atoms with van der Waals surface area (Å²) in [6.45, 7) is 7.33. The highest BCUT2D eigenvalue weighted by Gasteiger charge is 2.57. The summed E-state index contributed by atoms with van der Waals surface area (Å²) >= 11 is 0. The number of rotatable bonds is 2. The van der Waals surface area contributed by atoms with Crippen molar-refractivity contribution in [2.75, 3.05) is 6.54 Å². The Morgan fingerprint density at radius 3 is 2.71 bits per heavy atom. The SMILES string of the molecule is Cc1ncncc1[C@H]1[C@H](CN)C1(C)C. The van der Waals surface area contributed by atoms with Crippen LogP contribution >= 0.6 is 0 Å². The number of aryl methyl sites for hydroxylation is 1. The number of aromatic nitrogens is 2. The van der Waals surface area contributed by atoms with E-state index in [4.69, 9.17) is 5.73 Å². The number of nitrogens with two attached hydrogens (primary N) is 1. The van der Waals surface area contributed by atoms with E-state index in [9.17, 15) is 0 Å². The lowest BCUT2D eigenvalue weighted by Crippen LogP contribution is -2.05. The molecule has 0 unspecified atom stereocenters. The molecule has 2 atom stereocenters. The molecule has 0 aliphatic heterocycles. The fraction of sp³-hybridized carbons (Fsp3) is 0.636. The van der Waals surface area contributed by atoms with Gasteiger partial charge in [-0.25, -0.2) is 9.97 Å². The van der Waals surface area contributed by atoms with Gasteiger partial charge >= 0.3 is 0 Å². The Labute approximate surface area is 84.8 Å². The van der Waals surface area contributed by atoms with Crippen LogP contribution in [0.4, 0.5) is 0 Å². The number of hydrogen-bond acceptors (Lipinski definition) is 3. The van der Waals surface area contributed by atoms with Crippen LogP contribution in [0.25, 0.3) is 0 Å². The van der Waals surface area contributed by atoms with Crippen molar-refractivity contribution < 1.29 is 0 Å². The largest absolute Gasteiger partial charge is 0.330 e. The molecule has 1 fully saturated rings. The van der Waals surface area contributed by atoms with Gasteiger partial charge in [-0.3, -0.25) is 0 Å². The van der Waals surface area contributed by atoms with Gasteiger partial charge in [0.05, 0.1) is 0 Å². The highest BCUT2D eigenvalue weighted by atomic mass is 14.8. The first-order chi connectivity index (χ1) is 6.59. The Bertz CT molecular complexity index is 346. The zero-order chi connectivity index (χ0) is 10.3. The third-order valence-corrected chi connectivity index (χ3v) is 3.59. The van der Waals surface area contributed by atoms with E-state index in [-0.39, 0.29) is 0 Å². The monoisotopic (exact) mass is 191 g/mol. The normalized spacial score (nSPS) is 28.9. The second-order valence-electron chi connectivity index (χ2n) is 4.70. The first-order valence-electron chi connectivity index (χ1n) is 5.05. The highest BCUT2D eigenvalue weighted by Crippen LogP contribution is 2.63. The highest BCUT2D eigenvalue weighted by molar-refractivity contribution is 5.32. The van der Waals surface area contributed by atoms with Crippen LogP contribution in [0.15, 0.2) is 12.5 Å². The fourth-order valence-electron chi connectivity index (χ4n) is 2.51. The molecule has 1 heterocycles. The molecular formula is C11H17N3. The maximum Gasteiger partial charge on any atom is 0.115 e. The standard InChI is InChI=1S/C11H17N3/c1-7-8(5-13-6-14-7)10-9(4-12)11(10,2)3/h5-6,9-10H,4,12H2,1-3H3/t9-,10-/m0/s1. The summed E-state index contributed by atoms with van der Waals surface area (Å²) in [6, 6.07) is 0. The molecule has 1 aromatic rings. The first kappa shape index (κ1) is 9.59. The molecule has 1 aromatic heterocycles. The summed E-state index contributed by atoms with van der Waals surface area (Å²) < 4.78 is 0. The molecular weight excluding hydrogens is 174 g/mol. The van der Waals surface area contributed by atoms with Crippen molar-refractivity contribution >= 4 is 0 Å². The minimum atomic E-state index is 0.324. The third kappa shape index (κ3) is 1.23. The average Bonchev–Trinajstić information content (AvgIpc) is 2.69. The lowest BCUT2D eigenvalue weighted by atomic mass is 10.0. The maximum absolute atomic E-state index is 5.75. The first-order valence-corrected chi connectivity index (χ1v) is 5.05. The summed E-state index contributed by atoms with van der Waals surface area (Å²) in [7, 11) is 0. The molecule has 1 aliphatic rings. The van der Waals surface area contributed by atoms with Gasteiger partial charge in [0.25, 0.3) is 0 Å². The van der Waals surface area contributed by atoms with Crippen molar-refractivity contribution in [2.45, 2.75) is 26.7 Å². The van der Waals surface area contributed by atoms with E-state index >= 15 is 0 Å². The third-order valence-electron chi connectivity index (χ3n) is 3.59. The molecule has 0 spiro atoms. The van der Waals surface area contributed by atoms with E-state index in [0.717, 1.165) is 12.2 Å². The molecule has 1 saturated carbocycles. The van der Waals surface area contributed by atoms with Crippen molar-refractivity contribution in [3.05, 3.63) is 23.8 Å². The van der Waals surface area contributed by atoms with Gasteiger partial charge in [0.15, 0.2) is 0 Å². The van der Waals surface area contributed by atoms with Crippen molar-refractivity contribution in [3.63, 3.8) is 0 Å².